The summed E-state index contributed by atoms with van der Waals surface area (Å²) in [7, 11) is 2.98. The Balaban J connectivity index is 0.00000484. The van der Waals surface area contributed by atoms with E-state index in [-0.39, 0.29) is 10.6 Å². The molecule has 1 nitrogen and oxygen atoms in total. The van der Waals surface area contributed by atoms with Gasteiger partial charge in [0.1, 0.15) is 0 Å². The fourth-order valence-corrected chi connectivity index (χ4v) is 3.45. The molecular weight excluding hydrogens is 299 g/mol. The van der Waals surface area contributed by atoms with Gasteiger partial charge in [-0.3, -0.25) is 0 Å². The Labute approximate surface area is 147 Å². The summed E-state index contributed by atoms with van der Waals surface area (Å²) >= 11 is 0. The molecule has 0 bridgehead atoms. The average molecular weight is 339 g/mol. The topological polar surface area (TPSA) is 31.5 Å². The normalized spacial score (nSPS) is 11.3. The van der Waals surface area contributed by atoms with Gasteiger partial charge in [-0.05, 0) is 24.0 Å². The second-order valence-electron chi connectivity index (χ2n) is 7.31. The van der Waals surface area contributed by atoms with Gasteiger partial charge in [0.05, 0.1) is 0 Å². The molecule has 0 heterocycles. The van der Waals surface area contributed by atoms with Crippen LogP contribution in [0, 0.1) is 0 Å². The van der Waals surface area contributed by atoms with Gasteiger partial charge in [-0.2, -0.15) is 0 Å². The largest absolute Gasteiger partial charge is 0.412 e. The highest BCUT2D eigenvalue weighted by molar-refractivity contribution is 7.18. The van der Waals surface area contributed by atoms with Crippen molar-refractivity contribution in [3.8, 4) is 0 Å². The molecule has 1 rings (SSSR count). The van der Waals surface area contributed by atoms with Gasteiger partial charge in [-0.15, -0.1) is 9.24 Å². The van der Waals surface area contributed by atoms with Crippen LogP contribution in [0.2, 0.25) is 0 Å². The van der Waals surface area contributed by atoms with E-state index < -0.39 is 0 Å². The molecule has 0 saturated heterocycles. The first-order valence-electron chi connectivity index (χ1n) is 9.43. The molecule has 0 spiro atoms. The molecule has 1 aromatic rings. The summed E-state index contributed by atoms with van der Waals surface area (Å²) in [6, 6.07) is 8.96. The molecule has 2 N–H and O–H groups in total. The molecule has 0 aliphatic carbocycles. The lowest BCUT2D eigenvalue weighted by Crippen LogP contribution is -2.10. The van der Waals surface area contributed by atoms with Gasteiger partial charge in [0.2, 0.25) is 0 Å². The van der Waals surface area contributed by atoms with E-state index in [0.717, 1.165) is 0 Å². The lowest BCUT2D eigenvalue weighted by molar-refractivity contribution is 0.555. The first kappa shape index (κ1) is 22.6. The number of benzene rings is 1. The standard InChI is InChI=1S/C21H37P.H2O/c1-4-5-6-7-8-9-10-11-12-13-16-19-17-14-15-18-20(19)21(2,3)22;/h14-15,17-18H,4-13,16,22H2,1-3H3;1H2. The summed E-state index contributed by atoms with van der Waals surface area (Å²) < 4.78 is 0. The second kappa shape index (κ2) is 13.0. The van der Waals surface area contributed by atoms with E-state index >= 15 is 0 Å². The third-order valence-electron chi connectivity index (χ3n) is 4.51. The van der Waals surface area contributed by atoms with Crippen molar-refractivity contribution >= 4 is 9.24 Å². The quantitative estimate of drug-likeness (QED) is 0.310. The lowest BCUT2D eigenvalue weighted by atomic mass is 9.93. The van der Waals surface area contributed by atoms with Crippen LogP contribution in [0.4, 0.5) is 0 Å². The van der Waals surface area contributed by atoms with Gasteiger partial charge in [0.15, 0.2) is 0 Å². The Morgan fingerprint density at radius 2 is 1.26 bits per heavy atom. The number of rotatable bonds is 12. The van der Waals surface area contributed by atoms with Crippen molar-refractivity contribution in [3.05, 3.63) is 35.4 Å². The highest BCUT2D eigenvalue weighted by Crippen LogP contribution is 2.33. The molecule has 0 aromatic heterocycles. The van der Waals surface area contributed by atoms with Gasteiger partial charge in [0.25, 0.3) is 0 Å². The van der Waals surface area contributed by atoms with Gasteiger partial charge < -0.3 is 5.48 Å². The van der Waals surface area contributed by atoms with Crippen LogP contribution in [-0.2, 0) is 11.6 Å². The molecule has 0 aliphatic rings. The van der Waals surface area contributed by atoms with E-state index in [2.05, 4.69) is 54.3 Å². The molecular formula is C21H39OP. The van der Waals surface area contributed by atoms with E-state index in [9.17, 15) is 0 Å². The summed E-state index contributed by atoms with van der Waals surface area (Å²) in [6.45, 7) is 6.86. The predicted molar refractivity (Wildman–Crippen MR) is 108 cm³/mol. The number of hydrogen-bond donors (Lipinski definition) is 0. The smallest absolute Gasteiger partial charge is 0.00440 e. The Bertz CT molecular complexity index is 395. The third kappa shape index (κ3) is 10.2. The van der Waals surface area contributed by atoms with Crippen molar-refractivity contribution in [2.75, 3.05) is 0 Å². The van der Waals surface area contributed by atoms with E-state index in [1.165, 1.54) is 76.2 Å². The zero-order chi connectivity index (χ0) is 16.3. The molecule has 1 atom stereocenters. The fraction of sp³-hybridized carbons (Fsp3) is 0.714. The average Bonchev–Trinajstić information content (AvgIpc) is 2.48. The van der Waals surface area contributed by atoms with Crippen LogP contribution < -0.4 is 0 Å². The molecule has 1 aromatic carbocycles. The van der Waals surface area contributed by atoms with Crippen LogP contribution in [-0.4, -0.2) is 5.48 Å². The monoisotopic (exact) mass is 338 g/mol. The van der Waals surface area contributed by atoms with Crippen molar-refractivity contribution in [1.29, 1.82) is 0 Å². The lowest BCUT2D eigenvalue weighted by Gasteiger charge is -2.22. The number of hydrogen-bond acceptors (Lipinski definition) is 0. The van der Waals surface area contributed by atoms with Crippen LogP contribution in [0.5, 0.6) is 0 Å². The van der Waals surface area contributed by atoms with Crippen LogP contribution in [0.3, 0.4) is 0 Å². The molecule has 0 aliphatic heterocycles. The maximum atomic E-state index is 2.98. The van der Waals surface area contributed by atoms with Crippen LogP contribution in [0.1, 0.15) is 96.1 Å². The Morgan fingerprint density at radius 1 is 0.783 bits per heavy atom. The minimum Gasteiger partial charge on any atom is -0.412 e. The molecule has 0 amide bonds. The first-order valence-corrected chi connectivity index (χ1v) is 10.0. The van der Waals surface area contributed by atoms with Gasteiger partial charge in [-0.1, -0.05) is 103 Å². The zero-order valence-corrected chi connectivity index (χ0v) is 16.8. The molecule has 134 valence electrons. The zero-order valence-electron chi connectivity index (χ0n) is 15.7. The number of aryl methyl sites for hydroxylation is 1. The number of unbranched alkanes of at least 4 members (excludes halogenated alkanes) is 9. The minimum absolute atomic E-state index is 0. The third-order valence-corrected chi connectivity index (χ3v) is 4.82. The Morgan fingerprint density at radius 3 is 1.78 bits per heavy atom. The van der Waals surface area contributed by atoms with Crippen molar-refractivity contribution in [1.82, 2.24) is 0 Å². The Hall–Kier alpha value is -0.390. The fourth-order valence-electron chi connectivity index (χ4n) is 3.17. The highest BCUT2D eigenvalue weighted by atomic mass is 31.0. The van der Waals surface area contributed by atoms with Crippen molar-refractivity contribution in [2.24, 2.45) is 0 Å². The van der Waals surface area contributed by atoms with E-state index in [1.807, 2.05) is 0 Å². The van der Waals surface area contributed by atoms with Gasteiger partial charge in [-0.25, -0.2) is 0 Å². The van der Waals surface area contributed by atoms with Gasteiger partial charge >= 0.3 is 0 Å². The molecule has 0 radical (unpaired) electrons. The highest BCUT2D eigenvalue weighted by Gasteiger charge is 2.16. The molecule has 2 heteroatoms. The summed E-state index contributed by atoms with van der Waals surface area (Å²) in [5, 5.41) is 0.190. The van der Waals surface area contributed by atoms with Crippen LogP contribution >= 0.6 is 9.24 Å². The maximum absolute atomic E-state index is 2.98. The van der Waals surface area contributed by atoms with E-state index in [0.29, 0.717) is 0 Å². The SMILES string of the molecule is CCCCCCCCCCCCc1ccccc1C(C)(C)P.O. The summed E-state index contributed by atoms with van der Waals surface area (Å²) in [6.07, 6.45) is 15.4. The van der Waals surface area contributed by atoms with E-state index in [4.69, 9.17) is 0 Å². The molecule has 23 heavy (non-hydrogen) atoms. The molecule has 0 saturated carbocycles. The predicted octanol–water partition coefficient (Wildman–Crippen LogP) is 6.44. The van der Waals surface area contributed by atoms with Crippen molar-refractivity contribution in [3.63, 3.8) is 0 Å². The Kier molecular flexibility index (Phi) is 12.7. The second-order valence-corrected chi connectivity index (χ2v) is 8.75. The molecule has 1 unspecified atom stereocenters. The summed E-state index contributed by atoms with van der Waals surface area (Å²) in [5.41, 5.74) is 3.04. The first-order chi connectivity index (χ1) is 10.6. The van der Waals surface area contributed by atoms with Crippen LogP contribution in [0.25, 0.3) is 0 Å². The summed E-state index contributed by atoms with van der Waals surface area (Å²) in [4.78, 5) is 0. The van der Waals surface area contributed by atoms with Crippen molar-refractivity contribution in [2.45, 2.75) is 96.6 Å². The van der Waals surface area contributed by atoms with E-state index in [1.54, 1.807) is 5.56 Å². The van der Waals surface area contributed by atoms with Gasteiger partial charge in [0, 0.05) is 5.16 Å². The maximum Gasteiger partial charge on any atom is 0.00440 e. The summed E-state index contributed by atoms with van der Waals surface area (Å²) in [5.74, 6) is 0. The van der Waals surface area contributed by atoms with Crippen LogP contribution in [0.15, 0.2) is 24.3 Å². The van der Waals surface area contributed by atoms with Crippen molar-refractivity contribution < 1.29 is 5.48 Å². The minimum atomic E-state index is 0. The molecule has 0 fully saturated rings.